The van der Waals surface area contributed by atoms with Crippen LogP contribution in [0.4, 0.5) is 9.18 Å². The van der Waals surface area contributed by atoms with Gasteiger partial charge in [0.05, 0.1) is 22.5 Å². The maximum Gasteiger partial charge on any atom is 0.405 e. The third-order valence-electron chi connectivity index (χ3n) is 5.54. The number of hydrogen-bond acceptors (Lipinski definition) is 4. The largest absolute Gasteiger partial charge is 0.484 e. The number of nitrogens with zero attached hydrogens (tertiary/aromatic N) is 1. The zero-order valence-corrected chi connectivity index (χ0v) is 15.2. The predicted molar refractivity (Wildman–Crippen MR) is 93.9 cm³/mol. The van der Waals surface area contributed by atoms with Crippen LogP contribution in [0.15, 0.2) is 18.2 Å². The van der Waals surface area contributed by atoms with E-state index in [1.165, 1.54) is 12.1 Å². The minimum absolute atomic E-state index is 0.0314. The molecule has 1 aromatic carbocycles. The van der Waals surface area contributed by atoms with Crippen molar-refractivity contribution < 1.29 is 23.8 Å². The standard InChI is InChI=1S/C18H19ClFN3O4/c19-13-2-1-12(7-14(13)20)27-10-15(24)22-17-3-5-18(6-4-17,23-16(25)26)11(8-17)9-21/h1-2,7,11,23H,3-6,8,10H2,(H,22,24)(H,25,26)/t11-,17?,18?/m1/s1. The lowest BCUT2D eigenvalue weighted by atomic mass is 9.56. The van der Waals surface area contributed by atoms with Gasteiger partial charge in [-0.15, -0.1) is 0 Å². The van der Waals surface area contributed by atoms with Gasteiger partial charge in [0, 0.05) is 11.6 Å². The Morgan fingerprint density at radius 3 is 2.63 bits per heavy atom. The first-order valence-corrected chi connectivity index (χ1v) is 8.95. The molecule has 3 aliphatic rings. The molecule has 4 rings (SSSR count). The quantitative estimate of drug-likeness (QED) is 0.709. The zero-order chi connectivity index (χ0) is 19.7. The Hall–Kier alpha value is -2.53. The van der Waals surface area contributed by atoms with E-state index in [1.807, 2.05) is 0 Å². The molecular formula is C18H19ClFN3O4. The Morgan fingerprint density at radius 2 is 2.04 bits per heavy atom. The lowest BCUT2D eigenvalue weighted by Gasteiger charge is -2.55. The number of carbonyl (C=O) groups excluding carboxylic acids is 1. The fraction of sp³-hybridized carbons (Fsp3) is 0.500. The Labute approximate surface area is 160 Å². The average molecular weight is 396 g/mol. The number of fused-ring (bicyclic) bond motifs is 3. The number of nitrogens with one attached hydrogen (secondary N) is 2. The normalized spacial score (nSPS) is 28.9. The molecule has 1 atom stereocenters. The van der Waals surface area contributed by atoms with Crippen LogP contribution in [0.25, 0.3) is 0 Å². The topological polar surface area (TPSA) is 111 Å². The van der Waals surface area contributed by atoms with Crippen molar-refractivity contribution in [1.82, 2.24) is 10.6 Å². The Balaban J connectivity index is 1.61. The maximum atomic E-state index is 13.4. The second-order valence-corrected chi connectivity index (χ2v) is 7.57. The molecule has 0 aromatic heterocycles. The number of ether oxygens (including phenoxy) is 1. The van der Waals surface area contributed by atoms with Crippen LogP contribution in [0, 0.1) is 23.1 Å². The van der Waals surface area contributed by atoms with E-state index in [2.05, 4.69) is 16.7 Å². The molecule has 3 N–H and O–H groups in total. The Morgan fingerprint density at radius 1 is 1.33 bits per heavy atom. The second-order valence-electron chi connectivity index (χ2n) is 7.17. The van der Waals surface area contributed by atoms with Crippen molar-refractivity contribution in [2.45, 2.75) is 43.2 Å². The van der Waals surface area contributed by atoms with E-state index >= 15 is 0 Å². The molecule has 2 bridgehead atoms. The van der Waals surface area contributed by atoms with Gasteiger partial charge >= 0.3 is 6.09 Å². The van der Waals surface area contributed by atoms with Crippen molar-refractivity contribution >= 4 is 23.6 Å². The number of carboxylic acid groups (broad SMARTS) is 1. The number of hydrogen-bond donors (Lipinski definition) is 3. The van der Waals surface area contributed by atoms with Crippen LogP contribution in [0.1, 0.15) is 32.1 Å². The van der Waals surface area contributed by atoms with Gasteiger partial charge in [-0.2, -0.15) is 5.26 Å². The highest BCUT2D eigenvalue weighted by atomic mass is 35.5. The monoisotopic (exact) mass is 395 g/mol. The van der Waals surface area contributed by atoms with E-state index in [1.54, 1.807) is 0 Å². The summed E-state index contributed by atoms with van der Waals surface area (Å²) >= 11 is 5.61. The van der Waals surface area contributed by atoms with Gasteiger partial charge in [-0.25, -0.2) is 9.18 Å². The summed E-state index contributed by atoms with van der Waals surface area (Å²) < 4.78 is 18.7. The molecule has 3 saturated carbocycles. The molecule has 0 heterocycles. The highest BCUT2D eigenvalue weighted by Crippen LogP contribution is 2.50. The molecule has 0 aliphatic heterocycles. The van der Waals surface area contributed by atoms with E-state index in [-0.39, 0.29) is 23.3 Å². The fourth-order valence-corrected chi connectivity index (χ4v) is 4.25. The van der Waals surface area contributed by atoms with Gasteiger partial charge in [-0.05, 0) is 44.2 Å². The molecule has 0 saturated heterocycles. The van der Waals surface area contributed by atoms with Crippen LogP contribution < -0.4 is 15.4 Å². The van der Waals surface area contributed by atoms with Gasteiger partial charge in [0.2, 0.25) is 0 Å². The van der Waals surface area contributed by atoms with Gasteiger partial charge in [0.25, 0.3) is 5.91 Å². The smallest absolute Gasteiger partial charge is 0.405 e. The molecule has 0 spiro atoms. The summed E-state index contributed by atoms with van der Waals surface area (Å²) in [5.74, 6) is -1.33. The van der Waals surface area contributed by atoms with Gasteiger partial charge in [-0.3, -0.25) is 4.79 Å². The van der Waals surface area contributed by atoms with Crippen LogP contribution in [0.3, 0.4) is 0 Å². The SMILES string of the molecule is N#C[C@H]1CC2(NC(=O)COc3ccc(Cl)c(F)c3)CCC1(NC(=O)O)CC2. The maximum absolute atomic E-state index is 13.4. The van der Waals surface area contributed by atoms with Crippen molar-refractivity contribution in [3.05, 3.63) is 29.0 Å². The summed E-state index contributed by atoms with van der Waals surface area (Å²) in [6.07, 6.45) is 1.37. The van der Waals surface area contributed by atoms with E-state index in [0.29, 0.717) is 32.1 Å². The lowest BCUT2D eigenvalue weighted by molar-refractivity contribution is -0.127. The molecule has 27 heavy (non-hydrogen) atoms. The van der Waals surface area contributed by atoms with Crippen LogP contribution >= 0.6 is 11.6 Å². The lowest BCUT2D eigenvalue weighted by Crippen LogP contribution is -2.67. The molecule has 144 valence electrons. The van der Waals surface area contributed by atoms with Crippen LogP contribution in [0.2, 0.25) is 5.02 Å². The first kappa shape index (κ1) is 19.2. The molecular weight excluding hydrogens is 377 g/mol. The van der Waals surface area contributed by atoms with Crippen LogP contribution in [0.5, 0.6) is 5.75 Å². The van der Waals surface area contributed by atoms with Crippen LogP contribution in [-0.2, 0) is 4.79 Å². The summed E-state index contributed by atoms with van der Waals surface area (Å²) in [5, 5.41) is 24.0. The number of amides is 2. The molecule has 2 amide bonds. The van der Waals surface area contributed by atoms with E-state index in [9.17, 15) is 19.2 Å². The second kappa shape index (κ2) is 7.24. The summed E-state index contributed by atoms with van der Waals surface area (Å²) in [4.78, 5) is 23.4. The highest BCUT2D eigenvalue weighted by Gasteiger charge is 2.56. The van der Waals surface area contributed by atoms with Crippen LogP contribution in [-0.4, -0.2) is 34.8 Å². The third-order valence-corrected chi connectivity index (χ3v) is 5.85. The van der Waals surface area contributed by atoms with E-state index in [4.69, 9.17) is 21.4 Å². The van der Waals surface area contributed by atoms with Crippen molar-refractivity contribution in [1.29, 1.82) is 5.26 Å². The van der Waals surface area contributed by atoms with Gasteiger partial charge in [0.15, 0.2) is 6.61 Å². The Bertz CT molecular complexity index is 802. The molecule has 0 radical (unpaired) electrons. The van der Waals surface area contributed by atoms with Crippen molar-refractivity contribution in [2.75, 3.05) is 6.61 Å². The van der Waals surface area contributed by atoms with Crippen molar-refractivity contribution in [3.63, 3.8) is 0 Å². The van der Waals surface area contributed by atoms with Gasteiger partial charge in [-0.1, -0.05) is 11.6 Å². The molecule has 9 heteroatoms. The summed E-state index contributed by atoms with van der Waals surface area (Å²) in [7, 11) is 0. The number of benzene rings is 1. The zero-order valence-electron chi connectivity index (χ0n) is 14.4. The molecule has 0 unspecified atom stereocenters. The Kier molecular flexibility index (Phi) is 5.16. The first-order valence-electron chi connectivity index (χ1n) is 8.57. The van der Waals surface area contributed by atoms with Crippen molar-refractivity contribution in [3.8, 4) is 11.8 Å². The van der Waals surface area contributed by atoms with E-state index in [0.717, 1.165) is 6.07 Å². The van der Waals surface area contributed by atoms with Gasteiger partial charge < -0.3 is 20.5 Å². The van der Waals surface area contributed by atoms with Gasteiger partial charge in [0.1, 0.15) is 11.6 Å². The summed E-state index contributed by atoms with van der Waals surface area (Å²) in [5.41, 5.74) is -1.29. The molecule has 3 aliphatic carbocycles. The number of halogens is 2. The number of rotatable bonds is 5. The van der Waals surface area contributed by atoms with E-state index < -0.39 is 28.9 Å². The first-order chi connectivity index (χ1) is 12.8. The minimum atomic E-state index is -1.14. The number of carbonyl (C=O) groups is 2. The average Bonchev–Trinajstić information content (AvgIpc) is 2.63. The molecule has 1 aromatic rings. The summed E-state index contributed by atoms with van der Waals surface area (Å²) in [6, 6.07) is 6.10. The summed E-state index contributed by atoms with van der Waals surface area (Å²) in [6.45, 7) is -0.293. The molecule has 7 nitrogen and oxygen atoms in total. The molecule has 3 fully saturated rings. The minimum Gasteiger partial charge on any atom is -0.484 e. The highest BCUT2D eigenvalue weighted by molar-refractivity contribution is 6.30. The fourth-order valence-electron chi connectivity index (χ4n) is 4.13. The third kappa shape index (κ3) is 3.93. The van der Waals surface area contributed by atoms with Crippen molar-refractivity contribution in [2.24, 2.45) is 5.92 Å². The number of nitriles is 1. The predicted octanol–water partition coefficient (Wildman–Crippen LogP) is 2.84.